The molecule has 7 heteroatoms. The van der Waals surface area contributed by atoms with E-state index in [-0.39, 0.29) is 17.7 Å². The highest BCUT2D eigenvalue weighted by Crippen LogP contribution is 2.49. The number of benzene rings is 2. The first-order valence-corrected chi connectivity index (χ1v) is 8.48. The quantitative estimate of drug-likeness (QED) is 0.656. The highest BCUT2D eigenvalue weighted by molar-refractivity contribution is 5.83. The second-order valence-corrected chi connectivity index (χ2v) is 6.87. The summed E-state index contributed by atoms with van der Waals surface area (Å²) in [4.78, 5) is 14.1. The largest absolute Gasteiger partial charge is 0.416 e. The molecule has 0 N–H and O–H groups in total. The summed E-state index contributed by atoms with van der Waals surface area (Å²) in [5, 5.41) is 0. The summed E-state index contributed by atoms with van der Waals surface area (Å²) in [6.45, 7) is 1.71. The molecule has 27 heavy (non-hydrogen) atoms. The fraction of sp³-hybridized carbons (Fsp3) is 0.350. The van der Waals surface area contributed by atoms with Crippen LogP contribution in [0.15, 0.2) is 42.5 Å². The van der Waals surface area contributed by atoms with Crippen molar-refractivity contribution in [3.8, 4) is 0 Å². The molecule has 1 aliphatic carbocycles. The number of rotatable bonds is 4. The van der Waals surface area contributed by atoms with Crippen LogP contribution >= 0.6 is 0 Å². The molecule has 1 amide bonds. The molecule has 144 valence electrons. The number of nitrogens with zero attached hydrogens (tertiary/aromatic N) is 1. The van der Waals surface area contributed by atoms with Gasteiger partial charge in [0.25, 0.3) is 0 Å². The predicted molar refractivity (Wildman–Crippen MR) is 89.8 cm³/mol. The van der Waals surface area contributed by atoms with Gasteiger partial charge in [0.1, 0.15) is 0 Å². The Hall–Kier alpha value is -2.44. The van der Waals surface area contributed by atoms with Gasteiger partial charge >= 0.3 is 6.18 Å². The third kappa shape index (κ3) is 3.96. The lowest BCUT2D eigenvalue weighted by molar-refractivity contribution is -0.137. The number of carbonyl (C=O) groups is 1. The van der Waals surface area contributed by atoms with Gasteiger partial charge in [-0.2, -0.15) is 13.2 Å². The molecule has 2 aromatic rings. The Kier molecular flexibility index (Phi) is 4.97. The van der Waals surface area contributed by atoms with E-state index in [0.717, 1.165) is 24.3 Å². The molecular formula is C20H18F5NO. The van der Waals surface area contributed by atoms with E-state index in [4.69, 9.17) is 0 Å². The third-order valence-corrected chi connectivity index (χ3v) is 5.13. The smallest absolute Gasteiger partial charge is 0.339 e. The third-order valence-electron chi connectivity index (χ3n) is 5.13. The number of hydrogen-bond donors (Lipinski definition) is 0. The van der Waals surface area contributed by atoms with E-state index in [0.29, 0.717) is 17.5 Å². The molecule has 0 heterocycles. The van der Waals surface area contributed by atoms with Gasteiger partial charge in [-0.15, -0.1) is 0 Å². The van der Waals surface area contributed by atoms with Crippen LogP contribution < -0.4 is 0 Å². The Morgan fingerprint density at radius 3 is 2.26 bits per heavy atom. The standard InChI is InChI=1S/C20H18F5NO/c1-11(13-5-8-17(21)18(22)9-13)26(2)19(27)16-10-15(16)12-3-6-14(7-4-12)20(23,24)25/h3-9,11,15-16H,10H2,1-2H3. The van der Waals surface area contributed by atoms with Crippen molar-refractivity contribution in [2.75, 3.05) is 7.05 Å². The number of carbonyl (C=O) groups excluding carboxylic acids is 1. The summed E-state index contributed by atoms with van der Waals surface area (Å²) in [5.74, 6) is -2.55. The van der Waals surface area contributed by atoms with Gasteiger partial charge in [-0.25, -0.2) is 8.78 Å². The van der Waals surface area contributed by atoms with Crippen LogP contribution in [0.1, 0.15) is 42.0 Å². The van der Waals surface area contributed by atoms with Gasteiger partial charge in [0.05, 0.1) is 11.6 Å². The van der Waals surface area contributed by atoms with Crippen molar-refractivity contribution >= 4 is 5.91 Å². The molecule has 0 aromatic heterocycles. The molecule has 3 atom stereocenters. The van der Waals surface area contributed by atoms with E-state index in [9.17, 15) is 26.7 Å². The first-order valence-electron chi connectivity index (χ1n) is 8.48. The van der Waals surface area contributed by atoms with Gasteiger partial charge in [-0.05, 0) is 54.7 Å². The van der Waals surface area contributed by atoms with Gasteiger partial charge in [0, 0.05) is 13.0 Å². The second kappa shape index (κ2) is 6.94. The molecule has 0 spiro atoms. The van der Waals surface area contributed by atoms with Crippen molar-refractivity contribution in [1.29, 1.82) is 0 Å². The Morgan fingerprint density at radius 1 is 1.07 bits per heavy atom. The predicted octanol–water partition coefficient (Wildman–Crippen LogP) is 5.31. The van der Waals surface area contributed by atoms with E-state index in [1.54, 1.807) is 14.0 Å². The molecule has 1 aliphatic rings. The molecule has 3 unspecified atom stereocenters. The summed E-state index contributed by atoms with van der Waals surface area (Å²) in [6, 6.07) is 7.88. The maximum Gasteiger partial charge on any atom is 0.416 e. The molecule has 0 bridgehead atoms. The topological polar surface area (TPSA) is 20.3 Å². The Labute approximate surface area is 153 Å². The van der Waals surface area contributed by atoms with E-state index >= 15 is 0 Å². The van der Waals surface area contributed by atoms with Gasteiger partial charge in [-0.1, -0.05) is 18.2 Å². The minimum absolute atomic E-state index is 0.126. The number of hydrogen-bond acceptors (Lipinski definition) is 1. The molecule has 3 rings (SSSR count). The zero-order chi connectivity index (χ0) is 19.9. The van der Waals surface area contributed by atoms with Crippen molar-refractivity contribution < 1.29 is 26.7 Å². The summed E-state index contributed by atoms with van der Waals surface area (Å²) < 4.78 is 64.4. The van der Waals surface area contributed by atoms with Crippen molar-refractivity contribution in [1.82, 2.24) is 4.90 Å². The molecule has 0 saturated heterocycles. The van der Waals surface area contributed by atoms with Crippen LogP contribution in [0, 0.1) is 17.6 Å². The van der Waals surface area contributed by atoms with Gasteiger partial charge < -0.3 is 4.90 Å². The summed E-state index contributed by atoms with van der Waals surface area (Å²) in [6.07, 6.45) is -3.84. The van der Waals surface area contributed by atoms with E-state index in [2.05, 4.69) is 0 Å². The molecule has 0 radical (unpaired) electrons. The molecule has 2 nitrogen and oxygen atoms in total. The SMILES string of the molecule is CC(c1ccc(F)c(F)c1)N(C)C(=O)C1CC1c1ccc(C(F)(F)F)cc1. The van der Waals surface area contributed by atoms with Crippen LogP contribution in [0.2, 0.25) is 0 Å². The zero-order valence-corrected chi connectivity index (χ0v) is 14.7. The summed E-state index contributed by atoms with van der Waals surface area (Å²) >= 11 is 0. The monoisotopic (exact) mass is 383 g/mol. The Morgan fingerprint density at radius 2 is 1.70 bits per heavy atom. The van der Waals surface area contributed by atoms with Gasteiger partial charge in [0.2, 0.25) is 5.91 Å². The molecule has 2 aromatic carbocycles. The van der Waals surface area contributed by atoms with Crippen LogP contribution in [-0.2, 0) is 11.0 Å². The van der Waals surface area contributed by atoms with Crippen molar-refractivity contribution in [3.05, 3.63) is 70.8 Å². The van der Waals surface area contributed by atoms with Crippen LogP contribution in [0.3, 0.4) is 0 Å². The van der Waals surface area contributed by atoms with Gasteiger partial charge in [0.15, 0.2) is 11.6 Å². The zero-order valence-electron chi connectivity index (χ0n) is 14.7. The summed E-state index contributed by atoms with van der Waals surface area (Å²) in [7, 11) is 1.58. The molecule has 1 saturated carbocycles. The number of halogens is 5. The highest BCUT2D eigenvalue weighted by Gasteiger charge is 2.46. The van der Waals surface area contributed by atoms with E-state index in [1.165, 1.54) is 23.1 Å². The Bertz CT molecular complexity index is 846. The van der Waals surface area contributed by atoms with Crippen LogP contribution in [0.4, 0.5) is 22.0 Å². The maximum atomic E-state index is 13.4. The molecule has 1 fully saturated rings. The first kappa shape index (κ1) is 19.3. The highest BCUT2D eigenvalue weighted by atomic mass is 19.4. The number of amides is 1. The average molecular weight is 383 g/mol. The van der Waals surface area contributed by atoms with E-state index in [1.807, 2.05) is 0 Å². The lowest BCUT2D eigenvalue weighted by Gasteiger charge is -2.26. The van der Waals surface area contributed by atoms with Crippen LogP contribution in [0.25, 0.3) is 0 Å². The average Bonchev–Trinajstić information content (AvgIpc) is 3.42. The van der Waals surface area contributed by atoms with E-state index < -0.39 is 29.4 Å². The fourth-order valence-electron chi connectivity index (χ4n) is 3.20. The lowest BCUT2D eigenvalue weighted by atomic mass is 10.0. The summed E-state index contributed by atoms with van der Waals surface area (Å²) in [5.41, 5.74) is 0.436. The maximum absolute atomic E-state index is 13.4. The van der Waals surface area contributed by atoms with Crippen molar-refractivity contribution in [2.45, 2.75) is 31.5 Å². The van der Waals surface area contributed by atoms with Crippen LogP contribution in [0.5, 0.6) is 0 Å². The Balaban J connectivity index is 1.67. The van der Waals surface area contributed by atoms with Gasteiger partial charge in [-0.3, -0.25) is 4.79 Å². The van der Waals surface area contributed by atoms with Crippen LogP contribution in [-0.4, -0.2) is 17.9 Å². The second-order valence-electron chi connectivity index (χ2n) is 6.87. The normalized spacial score (nSPS) is 20.3. The molecular weight excluding hydrogens is 365 g/mol. The van der Waals surface area contributed by atoms with Crippen molar-refractivity contribution in [2.24, 2.45) is 5.92 Å². The molecule has 0 aliphatic heterocycles. The number of alkyl halides is 3. The lowest BCUT2D eigenvalue weighted by Crippen LogP contribution is -2.31. The first-order chi connectivity index (χ1) is 12.6. The minimum Gasteiger partial charge on any atom is -0.339 e. The van der Waals surface area contributed by atoms with Crippen molar-refractivity contribution in [3.63, 3.8) is 0 Å². The minimum atomic E-state index is -4.39. The fourth-order valence-corrected chi connectivity index (χ4v) is 3.20.